The molecule has 2 aromatic carbocycles. The Morgan fingerprint density at radius 3 is 1.17 bits per heavy atom. The van der Waals surface area contributed by atoms with Crippen molar-refractivity contribution in [2.24, 2.45) is 0 Å². The zero-order valence-corrected chi connectivity index (χ0v) is 20.7. The van der Waals surface area contributed by atoms with Gasteiger partial charge >= 0.3 is 0 Å². The van der Waals surface area contributed by atoms with E-state index in [1.54, 1.807) is 0 Å². The van der Waals surface area contributed by atoms with Crippen molar-refractivity contribution in [1.82, 2.24) is 0 Å². The first-order valence-corrected chi connectivity index (χ1v) is 12.1. The molecule has 0 bridgehead atoms. The highest BCUT2D eigenvalue weighted by atomic mass is 79.9. The molecule has 0 amide bonds. The van der Waals surface area contributed by atoms with Crippen LogP contribution in [0.1, 0.15) is 0 Å². The predicted molar refractivity (Wildman–Crippen MR) is 113 cm³/mol. The Balaban J connectivity index is 3.27. The van der Waals surface area contributed by atoms with E-state index in [0.717, 1.165) is 26.4 Å². The van der Waals surface area contributed by atoms with Crippen molar-refractivity contribution in [3.8, 4) is 34.1 Å². The zero-order chi connectivity index (χ0) is 23.0. The second-order valence-corrected chi connectivity index (χ2v) is 9.86. The van der Waals surface area contributed by atoms with Crippen LogP contribution in [0.5, 0.6) is 23.0 Å². The summed E-state index contributed by atoms with van der Waals surface area (Å²) in [6, 6.07) is 2.29. The first-order chi connectivity index (χ1) is 13.8. The van der Waals surface area contributed by atoms with E-state index >= 15 is 0 Å². The summed E-state index contributed by atoms with van der Waals surface area (Å²) in [6.45, 7) is 0. The van der Waals surface area contributed by atoms with Crippen molar-refractivity contribution in [3.63, 3.8) is 0 Å². The molecule has 0 aliphatic rings. The Hall–Kier alpha value is -1.58. The van der Waals surface area contributed by atoms with Gasteiger partial charge in [-0.15, -0.1) is 0 Å². The lowest BCUT2D eigenvalue weighted by atomic mass is 10.0. The van der Waals surface area contributed by atoms with Gasteiger partial charge in [0.1, 0.15) is 30.2 Å². The van der Waals surface area contributed by atoms with Crippen LogP contribution in [0.3, 0.4) is 0 Å². The lowest BCUT2D eigenvalue weighted by Gasteiger charge is -2.20. The maximum absolute atomic E-state index is 12.2. The summed E-state index contributed by atoms with van der Waals surface area (Å²) >= 11 is 6.25. The molecule has 2 rings (SSSR count). The molecule has 166 valence electrons. The molecule has 0 saturated heterocycles. The number of methoxy groups -OCH3 is 4. The number of rotatable bonds is 7. The van der Waals surface area contributed by atoms with E-state index in [9.17, 15) is 25.9 Å². The topological polar surface area (TPSA) is 146 Å². The standard InChI is InChI=1S/C16H16Br2O10S2/c1-25-9-5-7(15(29(19,20)21)13(27-3)11(9)17)8-6-10(26-2)12(18)14(28-4)16(8)30(22,23)24/h5-6H,1-4H3,(H,19,20,21)(H,22,23,24). The van der Waals surface area contributed by atoms with Gasteiger partial charge in [-0.25, -0.2) is 0 Å². The van der Waals surface area contributed by atoms with Gasteiger partial charge in [0.15, 0.2) is 11.5 Å². The van der Waals surface area contributed by atoms with Gasteiger partial charge in [0.2, 0.25) is 0 Å². The van der Waals surface area contributed by atoms with Crippen LogP contribution >= 0.6 is 31.9 Å². The van der Waals surface area contributed by atoms with E-state index in [4.69, 9.17) is 18.9 Å². The van der Waals surface area contributed by atoms with Crippen molar-refractivity contribution < 1.29 is 44.9 Å². The Morgan fingerprint density at radius 2 is 0.967 bits per heavy atom. The highest BCUT2D eigenvalue weighted by Gasteiger charge is 2.34. The van der Waals surface area contributed by atoms with Crippen LogP contribution in [0.15, 0.2) is 30.9 Å². The fourth-order valence-corrected chi connectivity index (χ4v) is 6.03. The molecule has 0 fully saturated rings. The molecule has 30 heavy (non-hydrogen) atoms. The normalized spacial score (nSPS) is 11.9. The second kappa shape index (κ2) is 8.88. The molecule has 0 radical (unpaired) electrons. The number of benzene rings is 2. The SMILES string of the molecule is COc1cc(-c2cc(OC)c(Br)c(OC)c2S(=O)(=O)O)c(S(=O)(=O)O)c(OC)c1Br. The van der Waals surface area contributed by atoms with Crippen molar-refractivity contribution in [2.75, 3.05) is 28.4 Å². The molecular formula is C16H16Br2O10S2. The van der Waals surface area contributed by atoms with Crippen LogP contribution in [0.4, 0.5) is 0 Å². The second-order valence-electron chi connectivity index (χ2n) is 5.56. The summed E-state index contributed by atoms with van der Waals surface area (Å²) in [6.07, 6.45) is 0. The number of hydrogen-bond acceptors (Lipinski definition) is 8. The zero-order valence-electron chi connectivity index (χ0n) is 15.9. The van der Waals surface area contributed by atoms with E-state index in [1.807, 2.05) is 0 Å². The summed E-state index contributed by atoms with van der Waals surface area (Å²) in [4.78, 5) is -1.54. The summed E-state index contributed by atoms with van der Waals surface area (Å²) < 4.78 is 89.4. The third-order valence-corrected chi connectivity index (χ3v) is 7.28. The third-order valence-electron chi connectivity index (χ3n) is 3.94. The summed E-state index contributed by atoms with van der Waals surface area (Å²) in [5, 5.41) is 0. The average Bonchev–Trinajstić information content (AvgIpc) is 2.65. The molecule has 0 unspecified atom stereocenters. The fraction of sp³-hybridized carbons (Fsp3) is 0.250. The minimum atomic E-state index is -4.96. The Kier molecular flexibility index (Phi) is 7.31. The van der Waals surface area contributed by atoms with Crippen molar-refractivity contribution in [2.45, 2.75) is 9.79 Å². The number of ether oxygens (including phenoxy) is 4. The fourth-order valence-electron chi connectivity index (χ4n) is 2.76. The third kappa shape index (κ3) is 4.38. The van der Waals surface area contributed by atoms with Crippen LogP contribution in [-0.4, -0.2) is 54.4 Å². The van der Waals surface area contributed by atoms with Gasteiger partial charge in [-0.3, -0.25) is 9.11 Å². The number of halogens is 2. The van der Waals surface area contributed by atoms with Crippen LogP contribution in [0.2, 0.25) is 0 Å². The molecular weight excluding hydrogens is 576 g/mol. The first-order valence-electron chi connectivity index (χ1n) is 7.67. The van der Waals surface area contributed by atoms with E-state index in [1.165, 1.54) is 14.2 Å². The Labute approximate surface area is 189 Å². The quantitative estimate of drug-likeness (QED) is 0.459. The maximum atomic E-state index is 12.2. The summed E-state index contributed by atoms with van der Waals surface area (Å²) in [5.74, 6) is -0.601. The van der Waals surface area contributed by atoms with Crippen molar-refractivity contribution in [1.29, 1.82) is 0 Å². The van der Waals surface area contributed by atoms with Gasteiger partial charge < -0.3 is 18.9 Å². The molecule has 0 aliphatic heterocycles. The highest BCUT2D eigenvalue weighted by molar-refractivity contribution is 9.11. The monoisotopic (exact) mass is 590 g/mol. The van der Waals surface area contributed by atoms with Crippen molar-refractivity contribution >= 4 is 52.1 Å². The summed E-state index contributed by atoms with van der Waals surface area (Å²) in [5.41, 5.74) is -0.711. The largest absolute Gasteiger partial charge is 0.495 e. The molecule has 0 aromatic heterocycles. The van der Waals surface area contributed by atoms with E-state index in [-0.39, 0.29) is 43.1 Å². The molecule has 0 heterocycles. The van der Waals surface area contributed by atoms with Gasteiger partial charge in [0, 0.05) is 11.1 Å². The van der Waals surface area contributed by atoms with Gasteiger partial charge in [-0.05, 0) is 44.0 Å². The predicted octanol–water partition coefficient (Wildman–Crippen LogP) is 3.41. The molecule has 0 saturated carbocycles. The van der Waals surface area contributed by atoms with E-state index in [2.05, 4.69) is 31.9 Å². The molecule has 0 spiro atoms. The first kappa shape index (κ1) is 24.7. The maximum Gasteiger partial charge on any atom is 0.298 e. The molecule has 10 nitrogen and oxygen atoms in total. The molecule has 0 aliphatic carbocycles. The number of hydrogen-bond donors (Lipinski definition) is 2. The van der Waals surface area contributed by atoms with Crippen LogP contribution in [-0.2, 0) is 20.2 Å². The minimum Gasteiger partial charge on any atom is -0.495 e. The van der Waals surface area contributed by atoms with Crippen molar-refractivity contribution in [3.05, 3.63) is 21.1 Å². The van der Waals surface area contributed by atoms with E-state index < -0.39 is 30.0 Å². The molecule has 0 atom stereocenters. The van der Waals surface area contributed by atoms with Crippen LogP contribution < -0.4 is 18.9 Å². The smallest absolute Gasteiger partial charge is 0.298 e. The molecule has 2 N–H and O–H groups in total. The minimum absolute atomic E-state index is 0.0494. The van der Waals surface area contributed by atoms with Gasteiger partial charge in [0.05, 0.1) is 28.4 Å². The average molecular weight is 592 g/mol. The van der Waals surface area contributed by atoms with Gasteiger partial charge in [0.25, 0.3) is 20.2 Å². The molecule has 2 aromatic rings. The van der Waals surface area contributed by atoms with E-state index in [0.29, 0.717) is 0 Å². The molecule has 14 heteroatoms. The summed E-state index contributed by atoms with van der Waals surface area (Å²) in [7, 11) is -5.08. The lowest BCUT2D eigenvalue weighted by molar-refractivity contribution is 0.376. The Morgan fingerprint density at radius 1 is 0.667 bits per heavy atom. The van der Waals surface area contributed by atoms with Crippen LogP contribution in [0.25, 0.3) is 11.1 Å². The lowest BCUT2D eigenvalue weighted by Crippen LogP contribution is -2.10. The van der Waals surface area contributed by atoms with Crippen LogP contribution in [0, 0.1) is 0 Å². The van der Waals surface area contributed by atoms with Gasteiger partial charge in [-0.2, -0.15) is 16.8 Å². The Bertz CT molecular complexity index is 1110. The van der Waals surface area contributed by atoms with Gasteiger partial charge in [-0.1, -0.05) is 0 Å². The highest BCUT2D eigenvalue weighted by Crippen LogP contribution is 2.51.